The molecule has 0 unspecified atom stereocenters. The molecule has 118 valence electrons. The van der Waals surface area contributed by atoms with Crippen molar-refractivity contribution >= 4 is 40.5 Å². The number of aliphatic hydroxyl groups is 1. The van der Waals surface area contributed by atoms with E-state index < -0.39 is 0 Å². The van der Waals surface area contributed by atoms with E-state index in [2.05, 4.69) is 4.98 Å². The highest BCUT2D eigenvalue weighted by Gasteiger charge is 2.39. The van der Waals surface area contributed by atoms with Gasteiger partial charge in [0.05, 0.1) is 29.3 Å². The average Bonchev–Trinajstić information content (AvgIpc) is 3.16. The molecule has 0 saturated heterocycles. The molecule has 0 fully saturated rings. The predicted octanol–water partition coefficient (Wildman–Crippen LogP) is 2.15. The Hall–Kier alpha value is -1.96. The molecule has 23 heavy (non-hydrogen) atoms. The summed E-state index contributed by atoms with van der Waals surface area (Å²) in [6.07, 6.45) is 1.63. The second kappa shape index (κ2) is 7.08. The number of pyridine rings is 1. The van der Waals surface area contributed by atoms with Crippen LogP contribution in [0.15, 0.2) is 46.8 Å². The van der Waals surface area contributed by atoms with Crippen LogP contribution in [-0.4, -0.2) is 39.2 Å². The van der Waals surface area contributed by atoms with Crippen LogP contribution < -0.4 is 0 Å². The van der Waals surface area contributed by atoms with Crippen molar-refractivity contribution in [3.63, 3.8) is 0 Å². The van der Waals surface area contributed by atoms with Crippen molar-refractivity contribution in [3.8, 4) is 0 Å². The summed E-state index contributed by atoms with van der Waals surface area (Å²) in [5.74, 6) is -0.244. The molecule has 5 nitrogen and oxygen atoms in total. The Kier molecular flexibility index (Phi) is 4.90. The molecule has 0 atom stereocenters. The van der Waals surface area contributed by atoms with Crippen LogP contribution in [0.25, 0.3) is 5.57 Å². The first-order chi connectivity index (χ1) is 11.2. The van der Waals surface area contributed by atoms with Gasteiger partial charge >= 0.3 is 0 Å². The van der Waals surface area contributed by atoms with Gasteiger partial charge in [-0.15, -0.1) is 23.1 Å². The summed E-state index contributed by atoms with van der Waals surface area (Å²) in [6, 6.07) is 9.07. The maximum atomic E-state index is 12.7. The number of carbonyl (C=O) groups excluding carboxylic acids is 2. The fraction of sp³-hybridized carbons (Fsp3) is 0.188. The molecule has 0 saturated carbocycles. The highest BCUT2D eigenvalue weighted by molar-refractivity contribution is 8.04. The van der Waals surface area contributed by atoms with Gasteiger partial charge in [-0.2, -0.15) is 0 Å². The Bertz CT molecular complexity index is 742. The van der Waals surface area contributed by atoms with Crippen molar-refractivity contribution in [1.29, 1.82) is 0 Å². The number of aliphatic hydroxyl groups excluding tert-OH is 1. The summed E-state index contributed by atoms with van der Waals surface area (Å²) in [5.41, 5.74) is 1.09. The number of carbonyl (C=O) groups is 2. The van der Waals surface area contributed by atoms with Crippen molar-refractivity contribution in [1.82, 2.24) is 9.88 Å². The number of thiophene rings is 1. The quantitative estimate of drug-likeness (QED) is 0.812. The van der Waals surface area contributed by atoms with Gasteiger partial charge in [0.2, 0.25) is 0 Å². The van der Waals surface area contributed by atoms with E-state index in [0.717, 1.165) is 4.88 Å². The highest BCUT2D eigenvalue weighted by Crippen LogP contribution is 2.38. The van der Waals surface area contributed by atoms with Gasteiger partial charge in [-0.05, 0) is 23.6 Å². The van der Waals surface area contributed by atoms with Crippen LogP contribution in [-0.2, 0) is 16.1 Å². The molecule has 0 bridgehead atoms. The van der Waals surface area contributed by atoms with Crippen LogP contribution in [0.2, 0.25) is 0 Å². The molecule has 3 heterocycles. The van der Waals surface area contributed by atoms with E-state index in [9.17, 15) is 9.59 Å². The summed E-state index contributed by atoms with van der Waals surface area (Å²) >= 11 is 2.64. The van der Waals surface area contributed by atoms with E-state index >= 15 is 0 Å². The topological polar surface area (TPSA) is 70.5 Å². The van der Waals surface area contributed by atoms with Crippen molar-refractivity contribution in [2.24, 2.45) is 0 Å². The number of hydrogen-bond donors (Lipinski definition) is 1. The summed E-state index contributed by atoms with van der Waals surface area (Å²) < 4.78 is 0. The van der Waals surface area contributed by atoms with Gasteiger partial charge in [0.25, 0.3) is 11.8 Å². The lowest BCUT2D eigenvalue weighted by atomic mass is 10.2. The number of thioether (sulfide) groups is 1. The number of imide groups is 1. The average molecular weight is 346 g/mol. The van der Waals surface area contributed by atoms with Gasteiger partial charge in [-0.1, -0.05) is 12.1 Å². The maximum Gasteiger partial charge on any atom is 0.268 e. The summed E-state index contributed by atoms with van der Waals surface area (Å²) in [6.45, 7) is 0.101. The molecule has 2 aromatic rings. The summed E-state index contributed by atoms with van der Waals surface area (Å²) in [7, 11) is 0. The molecule has 0 aliphatic carbocycles. The van der Waals surface area contributed by atoms with Crippen LogP contribution in [0.5, 0.6) is 0 Å². The predicted molar refractivity (Wildman–Crippen MR) is 90.6 cm³/mol. The normalized spacial score (nSPS) is 14.9. The Morgan fingerprint density at radius 1 is 1.17 bits per heavy atom. The molecule has 2 aromatic heterocycles. The van der Waals surface area contributed by atoms with Crippen LogP contribution in [0.3, 0.4) is 0 Å². The third-order valence-corrected chi connectivity index (χ3v) is 5.22. The largest absolute Gasteiger partial charge is 0.396 e. The first-order valence-corrected chi connectivity index (χ1v) is 8.87. The maximum absolute atomic E-state index is 12.7. The van der Waals surface area contributed by atoms with Crippen LogP contribution in [0, 0.1) is 0 Å². The Morgan fingerprint density at radius 2 is 2.04 bits per heavy atom. The molecule has 2 amide bonds. The highest BCUT2D eigenvalue weighted by atomic mass is 32.2. The van der Waals surface area contributed by atoms with Crippen LogP contribution >= 0.6 is 23.1 Å². The molecular weight excluding hydrogens is 332 g/mol. The molecule has 0 radical (unpaired) electrons. The Balaban J connectivity index is 1.92. The smallest absolute Gasteiger partial charge is 0.268 e. The zero-order chi connectivity index (χ0) is 16.2. The van der Waals surface area contributed by atoms with Gasteiger partial charge in [-0.3, -0.25) is 19.5 Å². The van der Waals surface area contributed by atoms with E-state index in [0.29, 0.717) is 21.9 Å². The monoisotopic (exact) mass is 346 g/mol. The minimum Gasteiger partial charge on any atom is -0.396 e. The first-order valence-electron chi connectivity index (χ1n) is 7.00. The molecule has 0 aromatic carbocycles. The second-order valence-corrected chi connectivity index (χ2v) is 6.82. The Morgan fingerprint density at radius 3 is 2.70 bits per heavy atom. The van der Waals surface area contributed by atoms with Crippen molar-refractivity contribution in [2.75, 3.05) is 12.4 Å². The number of hydrogen-bond acceptors (Lipinski definition) is 6. The minimum absolute atomic E-state index is 0.0480. The Labute approximate surface area is 141 Å². The zero-order valence-corrected chi connectivity index (χ0v) is 13.8. The van der Waals surface area contributed by atoms with E-state index in [1.807, 2.05) is 23.6 Å². The molecule has 1 N–H and O–H groups in total. The third kappa shape index (κ3) is 3.21. The van der Waals surface area contributed by atoms with E-state index in [1.165, 1.54) is 28.0 Å². The summed E-state index contributed by atoms with van der Waals surface area (Å²) in [5, 5.41) is 10.9. The summed E-state index contributed by atoms with van der Waals surface area (Å²) in [4.78, 5) is 32.0. The molecule has 7 heteroatoms. The van der Waals surface area contributed by atoms with Gasteiger partial charge < -0.3 is 5.11 Å². The molecule has 1 aliphatic rings. The molecule has 1 aliphatic heterocycles. The van der Waals surface area contributed by atoms with Crippen molar-refractivity contribution in [2.45, 2.75) is 6.54 Å². The van der Waals surface area contributed by atoms with E-state index in [-0.39, 0.29) is 25.0 Å². The van der Waals surface area contributed by atoms with Crippen LogP contribution in [0.1, 0.15) is 10.6 Å². The number of rotatable bonds is 6. The SMILES string of the molecule is O=C1C(SCCO)=C(c2cccs2)C(=O)N1Cc1ccccn1. The fourth-order valence-electron chi connectivity index (χ4n) is 2.27. The fourth-order valence-corrected chi connectivity index (χ4v) is 3.97. The van der Waals surface area contributed by atoms with E-state index in [1.54, 1.807) is 18.3 Å². The standard InChI is InChI=1S/C16H14N2O3S2/c19-7-9-23-14-13(12-5-3-8-22-12)15(20)18(16(14)21)10-11-4-1-2-6-17-11/h1-6,8,19H,7,9-10H2. The lowest BCUT2D eigenvalue weighted by Crippen LogP contribution is -2.31. The lowest BCUT2D eigenvalue weighted by Gasteiger charge is -2.14. The number of aromatic nitrogens is 1. The minimum atomic E-state index is -0.317. The van der Waals surface area contributed by atoms with Gasteiger partial charge in [0.15, 0.2) is 0 Å². The van der Waals surface area contributed by atoms with Gasteiger partial charge in [0.1, 0.15) is 0 Å². The molecule has 0 spiro atoms. The van der Waals surface area contributed by atoms with Gasteiger partial charge in [-0.25, -0.2) is 0 Å². The van der Waals surface area contributed by atoms with Crippen molar-refractivity contribution in [3.05, 3.63) is 57.4 Å². The molecule has 3 rings (SSSR count). The second-order valence-electron chi connectivity index (χ2n) is 4.77. The van der Waals surface area contributed by atoms with E-state index in [4.69, 9.17) is 5.11 Å². The number of nitrogens with zero attached hydrogens (tertiary/aromatic N) is 2. The zero-order valence-electron chi connectivity index (χ0n) is 12.1. The molecular formula is C16H14N2O3S2. The first kappa shape index (κ1) is 15.9. The number of amides is 2. The third-order valence-electron chi connectivity index (χ3n) is 3.28. The lowest BCUT2D eigenvalue weighted by molar-refractivity contribution is -0.137. The van der Waals surface area contributed by atoms with Crippen molar-refractivity contribution < 1.29 is 14.7 Å². The van der Waals surface area contributed by atoms with Crippen LogP contribution in [0.4, 0.5) is 0 Å². The van der Waals surface area contributed by atoms with Gasteiger partial charge in [0, 0.05) is 16.8 Å².